The molecule has 124 valence electrons. The SMILES string of the molecule is CCN1CC(C(=O)Nc2ccccc2Nc2ccncc2)CC1=O. The molecule has 2 heterocycles. The highest BCUT2D eigenvalue weighted by Crippen LogP contribution is 2.26. The summed E-state index contributed by atoms with van der Waals surface area (Å²) in [6.45, 7) is 3.05. The minimum atomic E-state index is -0.300. The summed E-state index contributed by atoms with van der Waals surface area (Å²) in [5.74, 6) is -0.379. The Morgan fingerprint density at radius 3 is 2.58 bits per heavy atom. The van der Waals surface area contributed by atoms with Crippen LogP contribution in [0.2, 0.25) is 0 Å². The fourth-order valence-corrected chi connectivity index (χ4v) is 2.78. The number of amides is 2. The van der Waals surface area contributed by atoms with Crippen molar-refractivity contribution in [1.82, 2.24) is 9.88 Å². The van der Waals surface area contributed by atoms with Gasteiger partial charge in [-0.05, 0) is 31.2 Å². The van der Waals surface area contributed by atoms with Crippen LogP contribution in [0.4, 0.5) is 17.1 Å². The molecule has 1 saturated heterocycles. The van der Waals surface area contributed by atoms with Crippen LogP contribution in [0, 0.1) is 5.92 Å². The summed E-state index contributed by atoms with van der Waals surface area (Å²) in [5.41, 5.74) is 2.38. The minimum absolute atomic E-state index is 0.0424. The number of hydrogen-bond donors (Lipinski definition) is 2. The van der Waals surface area contributed by atoms with E-state index in [4.69, 9.17) is 0 Å². The van der Waals surface area contributed by atoms with Gasteiger partial charge in [0.05, 0.1) is 17.3 Å². The third-order valence-corrected chi connectivity index (χ3v) is 4.11. The molecule has 1 aliphatic rings. The molecule has 0 radical (unpaired) electrons. The highest BCUT2D eigenvalue weighted by molar-refractivity contribution is 5.99. The Bertz CT molecular complexity index is 733. The van der Waals surface area contributed by atoms with E-state index in [0.29, 0.717) is 18.8 Å². The first kappa shape index (κ1) is 16.0. The number of anilines is 3. The quantitative estimate of drug-likeness (QED) is 0.886. The highest BCUT2D eigenvalue weighted by Gasteiger charge is 2.33. The summed E-state index contributed by atoms with van der Waals surface area (Å²) in [6.07, 6.45) is 3.68. The number of nitrogens with one attached hydrogen (secondary N) is 2. The molecule has 2 N–H and O–H groups in total. The van der Waals surface area contributed by atoms with Gasteiger partial charge in [0, 0.05) is 37.6 Å². The van der Waals surface area contributed by atoms with Gasteiger partial charge >= 0.3 is 0 Å². The average Bonchev–Trinajstić information content (AvgIpc) is 2.98. The molecule has 0 bridgehead atoms. The molecule has 1 aromatic carbocycles. The van der Waals surface area contributed by atoms with Crippen molar-refractivity contribution in [2.75, 3.05) is 23.7 Å². The molecule has 24 heavy (non-hydrogen) atoms. The van der Waals surface area contributed by atoms with Crippen LogP contribution in [0.25, 0.3) is 0 Å². The molecule has 1 aromatic heterocycles. The summed E-state index contributed by atoms with van der Waals surface area (Å²) < 4.78 is 0. The van der Waals surface area contributed by atoms with Crippen molar-refractivity contribution >= 4 is 28.9 Å². The number of nitrogens with zero attached hydrogens (tertiary/aromatic N) is 2. The number of benzene rings is 1. The van der Waals surface area contributed by atoms with E-state index in [1.165, 1.54) is 0 Å². The minimum Gasteiger partial charge on any atom is -0.354 e. The maximum atomic E-state index is 12.5. The van der Waals surface area contributed by atoms with Gasteiger partial charge in [-0.1, -0.05) is 12.1 Å². The topological polar surface area (TPSA) is 74.3 Å². The molecule has 1 atom stereocenters. The van der Waals surface area contributed by atoms with Crippen LogP contribution in [0.5, 0.6) is 0 Å². The Morgan fingerprint density at radius 1 is 1.21 bits per heavy atom. The fraction of sp³-hybridized carbons (Fsp3) is 0.278. The molecule has 6 heteroatoms. The number of likely N-dealkylation sites (tertiary alicyclic amines) is 1. The number of carbonyl (C=O) groups excluding carboxylic acids is 2. The van der Waals surface area contributed by atoms with Crippen LogP contribution in [0.1, 0.15) is 13.3 Å². The lowest BCUT2D eigenvalue weighted by Crippen LogP contribution is -2.28. The van der Waals surface area contributed by atoms with Crippen molar-refractivity contribution in [2.45, 2.75) is 13.3 Å². The van der Waals surface area contributed by atoms with E-state index in [9.17, 15) is 9.59 Å². The normalized spacial score (nSPS) is 17.0. The van der Waals surface area contributed by atoms with Crippen molar-refractivity contribution in [3.8, 4) is 0 Å². The standard InChI is InChI=1S/C18H20N4O2/c1-2-22-12-13(11-17(22)23)18(24)21-16-6-4-3-5-15(16)20-14-7-9-19-10-8-14/h3-10,13H,2,11-12H2,1H3,(H,19,20)(H,21,24). The molecule has 6 nitrogen and oxygen atoms in total. The zero-order valence-electron chi connectivity index (χ0n) is 13.5. The predicted octanol–water partition coefficient (Wildman–Crippen LogP) is 2.63. The highest BCUT2D eigenvalue weighted by atomic mass is 16.2. The zero-order chi connectivity index (χ0) is 16.9. The Labute approximate surface area is 140 Å². The van der Waals surface area contributed by atoms with Gasteiger partial charge in [0.2, 0.25) is 11.8 Å². The van der Waals surface area contributed by atoms with E-state index in [2.05, 4.69) is 15.6 Å². The Balaban J connectivity index is 1.71. The second-order valence-electron chi connectivity index (χ2n) is 5.73. The molecule has 1 unspecified atom stereocenters. The number of hydrogen-bond acceptors (Lipinski definition) is 4. The predicted molar refractivity (Wildman–Crippen MR) is 93.0 cm³/mol. The molecular weight excluding hydrogens is 304 g/mol. The van der Waals surface area contributed by atoms with E-state index >= 15 is 0 Å². The first-order valence-electron chi connectivity index (χ1n) is 8.02. The van der Waals surface area contributed by atoms with Crippen LogP contribution in [-0.4, -0.2) is 34.8 Å². The van der Waals surface area contributed by atoms with Crippen LogP contribution in [0.3, 0.4) is 0 Å². The van der Waals surface area contributed by atoms with Crippen molar-refractivity contribution < 1.29 is 9.59 Å². The number of pyridine rings is 1. The maximum absolute atomic E-state index is 12.5. The van der Waals surface area contributed by atoms with Gasteiger partial charge in [-0.2, -0.15) is 0 Å². The lowest BCUT2D eigenvalue weighted by molar-refractivity contribution is -0.128. The average molecular weight is 324 g/mol. The zero-order valence-corrected chi connectivity index (χ0v) is 13.5. The summed E-state index contributed by atoms with van der Waals surface area (Å²) in [7, 11) is 0. The molecule has 0 aliphatic carbocycles. The summed E-state index contributed by atoms with van der Waals surface area (Å²) in [6, 6.07) is 11.2. The van der Waals surface area contributed by atoms with Crippen LogP contribution in [-0.2, 0) is 9.59 Å². The van der Waals surface area contributed by atoms with Gasteiger partial charge in [0.15, 0.2) is 0 Å². The Hall–Kier alpha value is -2.89. The molecule has 0 saturated carbocycles. The number of carbonyl (C=O) groups is 2. The van der Waals surface area contributed by atoms with Crippen LogP contribution in [0.15, 0.2) is 48.8 Å². The van der Waals surface area contributed by atoms with E-state index in [0.717, 1.165) is 11.4 Å². The third-order valence-electron chi connectivity index (χ3n) is 4.11. The second kappa shape index (κ2) is 7.12. The third kappa shape index (κ3) is 3.53. The molecule has 1 aliphatic heterocycles. The fourth-order valence-electron chi connectivity index (χ4n) is 2.78. The lowest BCUT2D eigenvalue weighted by atomic mass is 10.1. The number of para-hydroxylation sites is 2. The van der Waals surface area contributed by atoms with Crippen molar-refractivity contribution in [1.29, 1.82) is 0 Å². The lowest BCUT2D eigenvalue weighted by Gasteiger charge is -2.16. The maximum Gasteiger partial charge on any atom is 0.229 e. The number of aromatic nitrogens is 1. The van der Waals surface area contributed by atoms with Crippen molar-refractivity contribution in [3.05, 3.63) is 48.8 Å². The van der Waals surface area contributed by atoms with Crippen molar-refractivity contribution in [2.24, 2.45) is 5.92 Å². The summed E-state index contributed by atoms with van der Waals surface area (Å²) >= 11 is 0. The number of rotatable bonds is 5. The van der Waals surface area contributed by atoms with E-state index in [1.807, 2.05) is 43.3 Å². The molecule has 3 rings (SSSR count). The van der Waals surface area contributed by atoms with Gasteiger partial charge in [0.1, 0.15) is 0 Å². The van der Waals surface area contributed by atoms with Crippen LogP contribution < -0.4 is 10.6 Å². The summed E-state index contributed by atoms with van der Waals surface area (Å²) in [4.78, 5) is 30.0. The van der Waals surface area contributed by atoms with Gasteiger partial charge in [-0.15, -0.1) is 0 Å². The Kier molecular flexibility index (Phi) is 4.74. The van der Waals surface area contributed by atoms with E-state index in [1.54, 1.807) is 17.3 Å². The van der Waals surface area contributed by atoms with Crippen molar-refractivity contribution in [3.63, 3.8) is 0 Å². The molecule has 2 amide bonds. The molecule has 1 fully saturated rings. The molecule has 0 spiro atoms. The second-order valence-corrected chi connectivity index (χ2v) is 5.73. The van der Waals surface area contributed by atoms with Gasteiger partial charge in [-0.3, -0.25) is 14.6 Å². The summed E-state index contributed by atoms with van der Waals surface area (Å²) in [5, 5.41) is 6.21. The monoisotopic (exact) mass is 324 g/mol. The van der Waals surface area contributed by atoms with E-state index < -0.39 is 0 Å². The largest absolute Gasteiger partial charge is 0.354 e. The van der Waals surface area contributed by atoms with Gasteiger partial charge in [-0.25, -0.2) is 0 Å². The molecule has 2 aromatic rings. The Morgan fingerprint density at radius 2 is 1.92 bits per heavy atom. The first-order chi connectivity index (χ1) is 11.7. The van der Waals surface area contributed by atoms with E-state index in [-0.39, 0.29) is 24.2 Å². The van der Waals surface area contributed by atoms with Gasteiger partial charge < -0.3 is 15.5 Å². The smallest absolute Gasteiger partial charge is 0.229 e. The van der Waals surface area contributed by atoms with Gasteiger partial charge in [0.25, 0.3) is 0 Å². The molecular formula is C18H20N4O2. The first-order valence-corrected chi connectivity index (χ1v) is 8.02. The van der Waals surface area contributed by atoms with Crippen LogP contribution >= 0.6 is 0 Å².